The summed E-state index contributed by atoms with van der Waals surface area (Å²) < 4.78 is 10.9. The van der Waals surface area contributed by atoms with E-state index >= 15 is 0 Å². The fourth-order valence-electron chi connectivity index (χ4n) is 3.05. The van der Waals surface area contributed by atoms with Gasteiger partial charge in [-0.05, 0) is 61.5 Å². The van der Waals surface area contributed by atoms with Crippen LogP contribution in [-0.2, 0) is 4.79 Å². The van der Waals surface area contributed by atoms with Crippen LogP contribution >= 0.6 is 11.6 Å². The van der Waals surface area contributed by atoms with E-state index in [2.05, 4.69) is 15.3 Å². The molecule has 1 aromatic heterocycles. The summed E-state index contributed by atoms with van der Waals surface area (Å²) in [6.45, 7) is 1.68. The summed E-state index contributed by atoms with van der Waals surface area (Å²) in [6, 6.07) is 20.2. The zero-order valence-corrected chi connectivity index (χ0v) is 17.8. The van der Waals surface area contributed by atoms with Crippen LogP contribution in [0.3, 0.4) is 0 Å². The van der Waals surface area contributed by atoms with Gasteiger partial charge in [-0.2, -0.15) is 0 Å². The number of hydrogen-bond acceptors (Lipinski definition) is 5. The minimum absolute atomic E-state index is 0.286. The van der Waals surface area contributed by atoms with Gasteiger partial charge >= 0.3 is 0 Å². The monoisotopic (exact) mass is 433 g/mol. The van der Waals surface area contributed by atoms with Gasteiger partial charge in [0.05, 0.1) is 35.1 Å². The summed E-state index contributed by atoms with van der Waals surface area (Å²) in [6.07, 6.45) is 1.04. The van der Waals surface area contributed by atoms with E-state index in [-0.39, 0.29) is 5.91 Å². The first kappa shape index (κ1) is 20.6. The van der Waals surface area contributed by atoms with Crippen molar-refractivity contribution < 1.29 is 14.3 Å². The summed E-state index contributed by atoms with van der Waals surface area (Å²) in [5.74, 6) is 0.832. The van der Waals surface area contributed by atoms with E-state index in [0.29, 0.717) is 22.2 Å². The molecule has 0 aliphatic rings. The average Bonchev–Trinajstić information content (AvgIpc) is 2.79. The fraction of sp³-hybridized carbons (Fsp3) is 0.125. The van der Waals surface area contributed by atoms with Crippen LogP contribution in [0.15, 0.2) is 72.9 Å². The van der Waals surface area contributed by atoms with Crippen molar-refractivity contribution in [3.05, 3.63) is 77.9 Å². The van der Waals surface area contributed by atoms with Crippen molar-refractivity contribution in [2.75, 3.05) is 12.4 Å². The van der Waals surface area contributed by atoms with Crippen LogP contribution in [-0.4, -0.2) is 29.1 Å². The number of methoxy groups -OCH3 is 1. The zero-order chi connectivity index (χ0) is 21.8. The van der Waals surface area contributed by atoms with Gasteiger partial charge < -0.3 is 14.8 Å². The molecule has 0 saturated carbocycles. The molecule has 31 heavy (non-hydrogen) atoms. The third-order valence-electron chi connectivity index (χ3n) is 4.70. The minimum atomic E-state index is -0.702. The highest BCUT2D eigenvalue weighted by molar-refractivity contribution is 6.32. The highest BCUT2D eigenvalue weighted by Gasteiger charge is 2.16. The average molecular weight is 434 g/mol. The Kier molecular flexibility index (Phi) is 6.00. The van der Waals surface area contributed by atoms with E-state index in [9.17, 15) is 4.79 Å². The first-order valence-corrected chi connectivity index (χ1v) is 10.0. The number of para-hydroxylation sites is 2. The maximum absolute atomic E-state index is 12.5. The predicted molar refractivity (Wildman–Crippen MR) is 122 cm³/mol. The molecule has 1 unspecified atom stereocenters. The van der Waals surface area contributed by atoms with Crippen molar-refractivity contribution >= 4 is 34.2 Å². The van der Waals surface area contributed by atoms with Crippen LogP contribution in [0.4, 0.5) is 5.69 Å². The number of carbonyl (C=O) groups excluding carboxylic acids is 1. The third kappa shape index (κ3) is 4.75. The topological polar surface area (TPSA) is 73.3 Å². The SMILES string of the molecule is COc1ccc(NC(=O)C(C)Oc2ccc(-c3cnc4ccccc4n3)cc2)cc1Cl. The molecule has 0 aliphatic heterocycles. The Hall–Kier alpha value is -3.64. The van der Waals surface area contributed by atoms with E-state index in [4.69, 9.17) is 21.1 Å². The largest absolute Gasteiger partial charge is 0.495 e. The molecule has 156 valence electrons. The summed E-state index contributed by atoms with van der Waals surface area (Å²) >= 11 is 6.10. The van der Waals surface area contributed by atoms with Crippen LogP contribution in [0.5, 0.6) is 11.5 Å². The molecule has 4 rings (SSSR count). The Bertz CT molecular complexity index is 1230. The molecule has 1 N–H and O–H groups in total. The molecule has 0 bridgehead atoms. The van der Waals surface area contributed by atoms with Gasteiger partial charge in [0.2, 0.25) is 0 Å². The minimum Gasteiger partial charge on any atom is -0.495 e. The van der Waals surface area contributed by atoms with Gasteiger partial charge in [0.25, 0.3) is 5.91 Å². The molecule has 0 saturated heterocycles. The maximum atomic E-state index is 12.5. The highest BCUT2D eigenvalue weighted by atomic mass is 35.5. The van der Waals surface area contributed by atoms with E-state index in [0.717, 1.165) is 22.3 Å². The second-order valence-corrected chi connectivity index (χ2v) is 7.27. The lowest BCUT2D eigenvalue weighted by Crippen LogP contribution is -2.30. The van der Waals surface area contributed by atoms with Gasteiger partial charge in [0.15, 0.2) is 6.10 Å². The lowest BCUT2D eigenvalue weighted by Gasteiger charge is -2.15. The second kappa shape index (κ2) is 9.02. The van der Waals surface area contributed by atoms with Crippen molar-refractivity contribution in [1.29, 1.82) is 0 Å². The molecule has 0 aliphatic carbocycles. The number of carbonyl (C=O) groups is 1. The van der Waals surface area contributed by atoms with Crippen molar-refractivity contribution in [3.8, 4) is 22.8 Å². The van der Waals surface area contributed by atoms with Crippen molar-refractivity contribution in [2.45, 2.75) is 13.0 Å². The molecule has 7 heteroatoms. The summed E-state index contributed by atoms with van der Waals surface area (Å²) in [4.78, 5) is 21.6. The molecule has 0 spiro atoms. The summed E-state index contributed by atoms with van der Waals surface area (Å²) in [5.41, 5.74) is 3.94. The van der Waals surface area contributed by atoms with E-state index in [1.54, 1.807) is 43.5 Å². The number of nitrogens with zero attached hydrogens (tertiary/aromatic N) is 2. The molecule has 0 fully saturated rings. The predicted octanol–water partition coefficient (Wildman–Crippen LogP) is 5.36. The van der Waals surface area contributed by atoms with Gasteiger partial charge in [0, 0.05) is 11.3 Å². The van der Waals surface area contributed by atoms with Crippen LogP contribution in [0.2, 0.25) is 5.02 Å². The lowest BCUT2D eigenvalue weighted by atomic mass is 10.1. The number of fused-ring (bicyclic) bond motifs is 1. The second-order valence-electron chi connectivity index (χ2n) is 6.87. The molecular weight excluding hydrogens is 414 g/mol. The van der Waals surface area contributed by atoms with E-state index in [1.165, 1.54) is 7.11 Å². The Morgan fingerprint density at radius 3 is 2.48 bits per heavy atom. The van der Waals surface area contributed by atoms with Crippen LogP contribution in [0.25, 0.3) is 22.3 Å². The molecule has 0 radical (unpaired) electrons. The molecule has 1 heterocycles. The number of anilines is 1. The van der Waals surface area contributed by atoms with Crippen molar-refractivity contribution in [2.24, 2.45) is 0 Å². The van der Waals surface area contributed by atoms with Crippen LogP contribution in [0, 0.1) is 0 Å². The number of ether oxygens (including phenoxy) is 2. The fourth-order valence-corrected chi connectivity index (χ4v) is 3.30. The standard InChI is InChI=1S/C24H20ClN3O3/c1-15(24(29)27-17-9-12-23(30-2)19(25)13-17)31-18-10-7-16(8-11-18)22-14-26-20-5-3-4-6-21(20)28-22/h3-15H,1-2H3,(H,27,29). The quantitative estimate of drug-likeness (QED) is 0.442. The highest BCUT2D eigenvalue weighted by Crippen LogP contribution is 2.27. The van der Waals surface area contributed by atoms with Gasteiger partial charge in [-0.15, -0.1) is 0 Å². The molecule has 4 aromatic rings. The number of rotatable bonds is 6. The first-order valence-electron chi connectivity index (χ1n) is 9.67. The Morgan fingerprint density at radius 2 is 1.77 bits per heavy atom. The Balaban J connectivity index is 1.41. The van der Waals surface area contributed by atoms with Gasteiger partial charge in [-0.1, -0.05) is 23.7 Å². The molecular formula is C24H20ClN3O3. The van der Waals surface area contributed by atoms with Gasteiger partial charge in [-0.25, -0.2) is 4.98 Å². The zero-order valence-electron chi connectivity index (χ0n) is 17.0. The molecule has 6 nitrogen and oxygen atoms in total. The van der Waals surface area contributed by atoms with E-state index in [1.807, 2.05) is 36.4 Å². The molecule has 1 amide bonds. The van der Waals surface area contributed by atoms with Crippen molar-refractivity contribution in [3.63, 3.8) is 0 Å². The van der Waals surface area contributed by atoms with E-state index < -0.39 is 6.10 Å². The van der Waals surface area contributed by atoms with Gasteiger partial charge in [0.1, 0.15) is 11.5 Å². The number of halogens is 1. The van der Waals surface area contributed by atoms with Crippen molar-refractivity contribution in [1.82, 2.24) is 9.97 Å². The Morgan fingerprint density at radius 1 is 1.03 bits per heavy atom. The van der Waals surface area contributed by atoms with Crippen LogP contribution < -0.4 is 14.8 Å². The first-order chi connectivity index (χ1) is 15.0. The van der Waals surface area contributed by atoms with Gasteiger partial charge in [-0.3, -0.25) is 9.78 Å². The number of nitrogens with one attached hydrogen (secondary N) is 1. The smallest absolute Gasteiger partial charge is 0.265 e. The maximum Gasteiger partial charge on any atom is 0.265 e. The Labute approximate surface area is 184 Å². The third-order valence-corrected chi connectivity index (χ3v) is 5.00. The number of benzene rings is 3. The van der Waals surface area contributed by atoms with Crippen LogP contribution in [0.1, 0.15) is 6.92 Å². The summed E-state index contributed by atoms with van der Waals surface area (Å²) in [5, 5.41) is 3.20. The number of aromatic nitrogens is 2. The number of hydrogen-bond donors (Lipinski definition) is 1. The summed E-state index contributed by atoms with van der Waals surface area (Å²) in [7, 11) is 1.53. The normalized spacial score (nSPS) is 11.7. The lowest BCUT2D eigenvalue weighted by molar-refractivity contribution is -0.122. The number of amides is 1. The molecule has 3 aromatic carbocycles. The molecule has 1 atom stereocenters.